The number of hydrogen-bond donors (Lipinski definition) is 1. The van der Waals surface area contributed by atoms with Gasteiger partial charge < -0.3 is 9.55 Å². The molecule has 62 valence electrons. The lowest BCUT2D eigenvalue weighted by atomic mass is 10.3. The molecule has 1 N–H and O–H groups in total. The summed E-state index contributed by atoms with van der Waals surface area (Å²) in [6, 6.07) is 4.10. The van der Waals surface area contributed by atoms with Gasteiger partial charge in [0.1, 0.15) is 0 Å². The predicted molar refractivity (Wildman–Crippen MR) is 48.2 cm³/mol. The van der Waals surface area contributed by atoms with Crippen molar-refractivity contribution in [2.24, 2.45) is 0 Å². The number of aryl methyl sites for hydroxylation is 1. The third kappa shape index (κ3) is 0.863. The zero-order chi connectivity index (χ0) is 12.8. The first-order chi connectivity index (χ1) is 7.75. The van der Waals surface area contributed by atoms with Crippen LogP contribution in [0.3, 0.4) is 0 Å². The SMILES string of the molecule is [2H]C([2H])([2H])C([2H])([2H])n1c(=O)ccc2[nH]ccc21. The van der Waals surface area contributed by atoms with E-state index in [9.17, 15) is 4.79 Å². The minimum atomic E-state index is -2.91. The average molecular weight is 167 g/mol. The second-order valence-corrected chi connectivity index (χ2v) is 2.40. The second-order valence-electron chi connectivity index (χ2n) is 2.40. The summed E-state index contributed by atoms with van der Waals surface area (Å²) in [5.41, 5.74) is 0.0644. The molecule has 0 aliphatic rings. The number of fused-ring (bicyclic) bond motifs is 1. The fourth-order valence-electron chi connectivity index (χ4n) is 1.17. The Labute approximate surface area is 76.7 Å². The molecule has 0 radical (unpaired) electrons. The number of nitrogens with one attached hydrogen (secondary N) is 1. The highest BCUT2D eigenvalue weighted by Gasteiger charge is 1.99. The van der Waals surface area contributed by atoms with Crippen LogP contribution in [-0.2, 0) is 6.50 Å². The number of aromatic nitrogens is 2. The van der Waals surface area contributed by atoms with Gasteiger partial charge >= 0.3 is 0 Å². The normalized spacial score (nSPS) is 19.2. The van der Waals surface area contributed by atoms with Crippen LogP contribution in [0.2, 0.25) is 0 Å². The molecule has 0 unspecified atom stereocenters. The topological polar surface area (TPSA) is 37.8 Å². The zero-order valence-corrected chi connectivity index (χ0v) is 6.16. The largest absolute Gasteiger partial charge is 0.360 e. The van der Waals surface area contributed by atoms with Crippen molar-refractivity contribution in [1.29, 1.82) is 0 Å². The predicted octanol–water partition coefficient (Wildman–Crippen LogP) is 1.35. The van der Waals surface area contributed by atoms with Gasteiger partial charge in [-0.1, -0.05) is 0 Å². The van der Waals surface area contributed by atoms with Gasteiger partial charge in [-0.25, -0.2) is 0 Å². The summed E-state index contributed by atoms with van der Waals surface area (Å²) in [6.07, 6.45) is 1.52. The Kier molecular flexibility index (Phi) is 0.728. The van der Waals surface area contributed by atoms with E-state index in [1.54, 1.807) is 0 Å². The van der Waals surface area contributed by atoms with Gasteiger partial charge in [0, 0.05) is 25.6 Å². The van der Waals surface area contributed by atoms with E-state index < -0.39 is 18.9 Å². The van der Waals surface area contributed by atoms with Crippen molar-refractivity contribution in [1.82, 2.24) is 9.55 Å². The van der Waals surface area contributed by atoms with Gasteiger partial charge in [0.05, 0.1) is 11.0 Å². The summed E-state index contributed by atoms with van der Waals surface area (Å²) in [7, 11) is 0. The third-order valence-electron chi connectivity index (χ3n) is 1.72. The molecule has 0 fully saturated rings. The molecule has 0 saturated heterocycles. The minimum Gasteiger partial charge on any atom is -0.360 e. The number of rotatable bonds is 1. The van der Waals surface area contributed by atoms with E-state index in [1.165, 1.54) is 18.3 Å². The van der Waals surface area contributed by atoms with E-state index in [0.717, 1.165) is 6.07 Å². The number of nitrogens with zero attached hydrogens (tertiary/aromatic N) is 1. The van der Waals surface area contributed by atoms with Crippen LogP contribution in [0.25, 0.3) is 11.0 Å². The van der Waals surface area contributed by atoms with Gasteiger partial charge in [0.15, 0.2) is 0 Å². The molecule has 2 aromatic heterocycles. The fraction of sp³-hybridized carbons (Fsp3) is 0.222. The average Bonchev–Trinajstić information content (AvgIpc) is 2.62. The summed E-state index contributed by atoms with van der Waals surface area (Å²) in [4.78, 5) is 14.5. The lowest BCUT2D eigenvalue weighted by molar-refractivity contribution is 0.760. The molecule has 3 heteroatoms. The van der Waals surface area contributed by atoms with Crippen molar-refractivity contribution in [2.45, 2.75) is 13.3 Å². The second kappa shape index (κ2) is 2.52. The van der Waals surface area contributed by atoms with E-state index in [4.69, 9.17) is 6.85 Å². The monoisotopic (exact) mass is 167 g/mol. The molecule has 2 aromatic rings. The van der Waals surface area contributed by atoms with E-state index in [0.29, 0.717) is 10.1 Å². The Morgan fingerprint density at radius 3 is 3.42 bits per heavy atom. The molecule has 0 atom stereocenters. The maximum atomic E-state index is 11.7. The maximum Gasteiger partial charge on any atom is 0.251 e. The maximum absolute atomic E-state index is 11.7. The molecule has 2 rings (SSSR count). The Balaban J connectivity index is 2.83. The van der Waals surface area contributed by atoms with Gasteiger partial charge in [0.25, 0.3) is 5.56 Å². The molecule has 0 aromatic carbocycles. The number of pyridine rings is 1. The van der Waals surface area contributed by atoms with E-state index in [2.05, 4.69) is 4.98 Å². The fourth-order valence-corrected chi connectivity index (χ4v) is 1.17. The van der Waals surface area contributed by atoms with Crippen molar-refractivity contribution in [3.8, 4) is 0 Å². The number of hydrogen-bond acceptors (Lipinski definition) is 1. The smallest absolute Gasteiger partial charge is 0.251 e. The molecule has 2 heterocycles. The van der Waals surface area contributed by atoms with Crippen LogP contribution in [0.15, 0.2) is 29.2 Å². The molecule has 0 spiro atoms. The first-order valence-electron chi connectivity index (χ1n) is 5.95. The lowest BCUT2D eigenvalue weighted by Gasteiger charge is -2.01. The van der Waals surface area contributed by atoms with Crippen LogP contribution in [0.4, 0.5) is 0 Å². The van der Waals surface area contributed by atoms with Crippen LogP contribution in [0.1, 0.15) is 13.7 Å². The van der Waals surface area contributed by atoms with Gasteiger partial charge in [-0.05, 0) is 19.0 Å². The molecular formula is C9H10N2O. The zero-order valence-electron chi connectivity index (χ0n) is 11.2. The number of aromatic amines is 1. The van der Waals surface area contributed by atoms with Crippen molar-refractivity contribution in [2.75, 3.05) is 0 Å². The van der Waals surface area contributed by atoms with Crippen molar-refractivity contribution < 1.29 is 6.85 Å². The summed E-state index contributed by atoms with van der Waals surface area (Å²) in [5.74, 6) is 0. The Morgan fingerprint density at radius 1 is 1.67 bits per heavy atom. The van der Waals surface area contributed by atoms with Crippen LogP contribution < -0.4 is 5.56 Å². The molecule has 0 saturated carbocycles. The highest BCUT2D eigenvalue weighted by molar-refractivity contribution is 5.74. The van der Waals surface area contributed by atoms with Gasteiger partial charge in [-0.15, -0.1) is 0 Å². The van der Waals surface area contributed by atoms with E-state index in [1.807, 2.05) is 0 Å². The molecule has 0 bridgehead atoms. The Morgan fingerprint density at radius 2 is 2.58 bits per heavy atom. The highest BCUT2D eigenvalue weighted by atomic mass is 16.1. The first-order valence-corrected chi connectivity index (χ1v) is 3.45. The van der Waals surface area contributed by atoms with Crippen LogP contribution in [-0.4, -0.2) is 9.55 Å². The summed E-state index contributed by atoms with van der Waals surface area (Å²) < 4.78 is 37.5. The molecule has 12 heavy (non-hydrogen) atoms. The lowest BCUT2D eigenvalue weighted by Crippen LogP contribution is -2.17. The summed E-state index contributed by atoms with van der Waals surface area (Å²) in [6.45, 7) is -5.66. The number of H-pyrrole nitrogens is 1. The van der Waals surface area contributed by atoms with Gasteiger partial charge in [-0.2, -0.15) is 0 Å². The van der Waals surface area contributed by atoms with Crippen molar-refractivity contribution in [3.63, 3.8) is 0 Å². The molecular weight excluding hydrogens is 152 g/mol. The third-order valence-corrected chi connectivity index (χ3v) is 1.72. The van der Waals surface area contributed by atoms with Crippen LogP contribution >= 0.6 is 0 Å². The Bertz CT molecular complexity index is 610. The van der Waals surface area contributed by atoms with Crippen molar-refractivity contribution in [3.05, 3.63) is 34.7 Å². The van der Waals surface area contributed by atoms with Crippen molar-refractivity contribution >= 4 is 11.0 Å². The van der Waals surface area contributed by atoms with E-state index >= 15 is 0 Å². The molecule has 0 aliphatic heterocycles. The summed E-state index contributed by atoms with van der Waals surface area (Å²) in [5, 5.41) is 0. The highest BCUT2D eigenvalue weighted by Crippen LogP contribution is 2.08. The quantitative estimate of drug-likeness (QED) is 0.684. The molecule has 0 amide bonds. The standard InChI is InChI=1S/C9H10N2O/c1-2-11-8-5-6-10-7(8)3-4-9(11)12/h3-6,10H,2H2,1H3/i1D3,2D2. The van der Waals surface area contributed by atoms with Crippen LogP contribution in [0, 0.1) is 0 Å². The summed E-state index contributed by atoms with van der Waals surface area (Å²) >= 11 is 0. The van der Waals surface area contributed by atoms with E-state index in [-0.39, 0.29) is 5.52 Å². The minimum absolute atomic E-state index is 0.235. The first kappa shape index (κ1) is 3.47. The van der Waals surface area contributed by atoms with Gasteiger partial charge in [0.2, 0.25) is 0 Å². The Hall–Kier alpha value is -1.51. The van der Waals surface area contributed by atoms with Crippen LogP contribution in [0.5, 0.6) is 0 Å². The molecule has 0 aliphatic carbocycles. The van der Waals surface area contributed by atoms with Gasteiger partial charge in [-0.3, -0.25) is 4.79 Å². The molecule has 3 nitrogen and oxygen atoms in total.